The molecule has 30 heteroatoms. The van der Waals surface area contributed by atoms with Gasteiger partial charge in [-0.25, -0.2) is 28.6 Å². The van der Waals surface area contributed by atoms with Crippen LogP contribution in [0.2, 0.25) is 0 Å². The molecule has 3 heterocycles. The van der Waals surface area contributed by atoms with Crippen molar-refractivity contribution in [3.05, 3.63) is 12.7 Å². The minimum Gasteiger partial charge on any atom is -0.481 e. The highest BCUT2D eigenvalue weighted by molar-refractivity contribution is 7.80. The molecule has 26 nitrogen and oxygen atoms in total. The van der Waals surface area contributed by atoms with Gasteiger partial charge in [-0.1, -0.05) is 13.8 Å². The standard InChI is InChI=1S/C21H36N7O16P3S.C4H6O3/c1-21(2,16(31)19(32)24-4-3-12(29)23-5-6-48)8-41-47(38,39)44-46(36,37)40-7-11-15(43-45(33,34)35)14(30)20(42-11)28-10-27-13-17(22)25-9-26-18(13)28;1-3(5)2-4(6)7/h9-11,14-16,20,30-31,48H,3-8H2,1-2H3,(H,23,29)(H,24,32)(H,36,37)(H,38,39)(H2,22,25,26)(H2,33,34,35);2H2,1H3,(H,6,7)/t11-,14-,15-,16+,20-;/m1./s1. The summed E-state index contributed by atoms with van der Waals surface area (Å²) >= 11 is 3.95. The number of carboxylic acid groups (broad SMARTS) is 1. The number of nitrogens with one attached hydrogen (secondary N) is 2. The molecule has 1 saturated heterocycles. The van der Waals surface area contributed by atoms with Gasteiger partial charge in [-0.05, 0) is 6.92 Å². The molecule has 11 N–H and O–H groups in total. The Morgan fingerprint density at radius 2 is 1.69 bits per heavy atom. The first-order valence-electron chi connectivity index (χ1n) is 15.5. The van der Waals surface area contributed by atoms with Crippen LogP contribution in [0.3, 0.4) is 0 Å². The van der Waals surface area contributed by atoms with Crippen molar-refractivity contribution in [2.24, 2.45) is 5.41 Å². The van der Waals surface area contributed by atoms with Gasteiger partial charge in [0.2, 0.25) is 11.8 Å². The molecule has 1 aliphatic rings. The third kappa shape index (κ3) is 15.8. The molecule has 1 fully saturated rings. The fraction of sp³-hybridized carbons (Fsp3) is 0.640. The highest BCUT2D eigenvalue weighted by Crippen LogP contribution is 2.61. The van der Waals surface area contributed by atoms with Gasteiger partial charge < -0.3 is 56.0 Å². The molecule has 1 aliphatic heterocycles. The molecule has 3 rings (SSSR count). The third-order valence-electron chi connectivity index (χ3n) is 6.91. The topological polar surface area (TPSA) is 401 Å². The molecule has 2 aromatic heterocycles. The van der Waals surface area contributed by atoms with Crippen molar-refractivity contribution >= 4 is 76.6 Å². The molecule has 2 amide bonds. The molecule has 2 aromatic rings. The van der Waals surface area contributed by atoms with E-state index in [0.29, 0.717) is 12.3 Å². The van der Waals surface area contributed by atoms with Crippen molar-refractivity contribution in [2.75, 3.05) is 37.8 Å². The fourth-order valence-corrected chi connectivity index (χ4v) is 7.29. The monoisotopic (exact) mass is 869 g/mol. The van der Waals surface area contributed by atoms with E-state index in [1.54, 1.807) is 0 Å². The predicted octanol–water partition coefficient (Wildman–Crippen LogP) is -1.62. The normalized spacial score (nSPS) is 21.4. The zero-order valence-electron chi connectivity index (χ0n) is 29.2. The molecule has 0 aromatic carbocycles. The van der Waals surface area contributed by atoms with E-state index in [-0.39, 0.29) is 48.1 Å². The van der Waals surface area contributed by atoms with Crippen LogP contribution in [0.25, 0.3) is 11.2 Å². The van der Waals surface area contributed by atoms with Crippen molar-refractivity contribution in [3.63, 3.8) is 0 Å². The van der Waals surface area contributed by atoms with Crippen LogP contribution in [-0.4, -0.2) is 134 Å². The van der Waals surface area contributed by atoms with Gasteiger partial charge in [0.05, 0.1) is 19.5 Å². The third-order valence-corrected chi connectivity index (χ3v) is 10.2. The maximum absolute atomic E-state index is 12.6. The first-order valence-corrected chi connectivity index (χ1v) is 20.7. The molecule has 0 aliphatic carbocycles. The summed E-state index contributed by atoms with van der Waals surface area (Å²) in [5.74, 6) is -2.32. The quantitative estimate of drug-likeness (QED) is 0.0405. The highest BCUT2D eigenvalue weighted by atomic mass is 32.1. The van der Waals surface area contributed by atoms with Crippen molar-refractivity contribution < 1.29 is 90.4 Å². The van der Waals surface area contributed by atoms with Gasteiger partial charge in [0.15, 0.2) is 17.7 Å². The Balaban J connectivity index is 0.00000136. The average Bonchev–Trinajstić information content (AvgIpc) is 3.61. The van der Waals surface area contributed by atoms with Gasteiger partial charge >= 0.3 is 29.4 Å². The second-order valence-corrected chi connectivity index (χ2v) is 16.7. The maximum Gasteiger partial charge on any atom is 0.481 e. The Morgan fingerprint density at radius 1 is 1.05 bits per heavy atom. The van der Waals surface area contributed by atoms with Crippen LogP contribution in [0.4, 0.5) is 5.82 Å². The van der Waals surface area contributed by atoms with E-state index in [4.69, 9.17) is 24.6 Å². The summed E-state index contributed by atoms with van der Waals surface area (Å²) in [5, 5.41) is 34.0. The number of nitrogen functional groups attached to an aromatic ring is 1. The Morgan fingerprint density at radius 3 is 2.25 bits per heavy atom. The number of aromatic nitrogens is 4. The number of carboxylic acids is 1. The van der Waals surface area contributed by atoms with Crippen LogP contribution >= 0.6 is 36.1 Å². The molecule has 0 bridgehead atoms. The summed E-state index contributed by atoms with van der Waals surface area (Å²) in [6, 6.07) is 0. The Hall–Kier alpha value is -2.97. The lowest BCUT2D eigenvalue weighted by Crippen LogP contribution is -2.46. The molecular formula is C25H42N7O19P3S. The van der Waals surface area contributed by atoms with Gasteiger partial charge in [-0.2, -0.15) is 16.9 Å². The van der Waals surface area contributed by atoms with E-state index >= 15 is 0 Å². The number of ketones is 1. The lowest BCUT2D eigenvalue weighted by atomic mass is 9.87. The number of amides is 2. The highest BCUT2D eigenvalue weighted by Gasteiger charge is 2.50. The summed E-state index contributed by atoms with van der Waals surface area (Å²) in [4.78, 5) is 94.1. The number of aliphatic carboxylic acids is 1. The zero-order valence-corrected chi connectivity index (χ0v) is 32.8. The largest absolute Gasteiger partial charge is 0.481 e. The Kier molecular flexibility index (Phi) is 17.9. The summed E-state index contributed by atoms with van der Waals surface area (Å²) in [6.07, 6.45) is -7.10. The number of aliphatic hydroxyl groups excluding tert-OH is 2. The molecular weight excluding hydrogens is 827 g/mol. The maximum atomic E-state index is 12.6. The van der Waals surface area contributed by atoms with Crippen LogP contribution < -0.4 is 16.4 Å². The summed E-state index contributed by atoms with van der Waals surface area (Å²) in [6.45, 7) is 1.97. The zero-order chi connectivity index (χ0) is 41.9. The van der Waals surface area contributed by atoms with E-state index < -0.39 is 84.6 Å². The lowest BCUT2D eigenvalue weighted by Gasteiger charge is -2.30. The fourth-order valence-electron chi connectivity index (χ4n) is 4.35. The summed E-state index contributed by atoms with van der Waals surface area (Å²) in [7, 11) is -16.3. The molecule has 0 radical (unpaired) electrons. The van der Waals surface area contributed by atoms with E-state index in [0.717, 1.165) is 17.2 Å². The lowest BCUT2D eigenvalue weighted by molar-refractivity contribution is -0.140. The molecule has 0 saturated carbocycles. The van der Waals surface area contributed by atoms with Gasteiger partial charge in [0.25, 0.3) is 0 Å². The van der Waals surface area contributed by atoms with Crippen LogP contribution in [0.5, 0.6) is 0 Å². The average molecular weight is 870 g/mol. The first kappa shape index (κ1) is 48.2. The van der Waals surface area contributed by atoms with E-state index in [9.17, 15) is 62.7 Å². The number of phosphoric acid groups is 3. The van der Waals surface area contributed by atoms with Gasteiger partial charge in [-0.3, -0.25) is 37.3 Å². The number of Topliss-reactive ketones (excluding diaryl/α,β-unsaturated/α-hetero) is 1. The number of rotatable bonds is 20. The number of nitrogens with two attached hydrogens (primary N) is 1. The molecule has 55 heavy (non-hydrogen) atoms. The first-order chi connectivity index (χ1) is 25.3. The number of thiol groups is 1. The smallest absolute Gasteiger partial charge is 0.481 e. The number of aliphatic hydroxyl groups is 2. The van der Waals surface area contributed by atoms with Crippen molar-refractivity contribution in [1.29, 1.82) is 0 Å². The number of imidazole rings is 1. The van der Waals surface area contributed by atoms with Gasteiger partial charge in [0, 0.05) is 30.7 Å². The number of nitrogens with zero attached hydrogens (tertiary/aromatic N) is 4. The second kappa shape index (κ2) is 20.5. The van der Waals surface area contributed by atoms with Crippen LogP contribution in [0, 0.1) is 5.41 Å². The number of ether oxygens (including phenoxy) is 1. The predicted molar refractivity (Wildman–Crippen MR) is 186 cm³/mol. The van der Waals surface area contributed by atoms with Crippen LogP contribution in [0.15, 0.2) is 12.7 Å². The Labute approximate surface area is 317 Å². The molecule has 0 spiro atoms. The molecule has 7 atom stereocenters. The van der Waals surface area contributed by atoms with Gasteiger partial charge in [-0.15, -0.1) is 0 Å². The minimum absolute atomic E-state index is 0.0363. The summed E-state index contributed by atoms with van der Waals surface area (Å²) < 4.78 is 61.7. The van der Waals surface area contributed by atoms with Crippen molar-refractivity contribution in [1.82, 2.24) is 30.2 Å². The minimum atomic E-state index is -5.54. The SMILES string of the molecule is CC(=O)CC(=O)O.CC(C)(COP(=O)(O)OP(=O)(O)OC[C@H]1O[C@@H](n2cnc3c(N)ncnc32)[C@H](O)[C@@H]1OP(=O)(O)O)[C@@H](O)C(=O)NCCC(=O)NCCS. The number of hydrogen-bond donors (Lipinski definition) is 11. The second-order valence-electron chi connectivity index (χ2n) is 12.1. The molecule has 312 valence electrons. The number of anilines is 1. The van der Waals surface area contributed by atoms with E-state index in [1.165, 1.54) is 20.8 Å². The molecule has 2 unspecified atom stereocenters. The van der Waals surface area contributed by atoms with Crippen molar-refractivity contribution in [3.8, 4) is 0 Å². The van der Waals surface area contributed by atoms with E-state index in [1.807, 2.05) is 0 Å². The number of carbonyl (C=O) groups is 4. The number of phosphoric ester groups is 3. The number of carbonyl (C=O) groups excluding carboxylic acids is 3. The van der Waals surface area contributed by atoms with Crippen LogP contribution in [-0.2, 0) is 55.5 Å². The van der Waals surface area contributed by atoms with Crippen molar-refractivity contribution in [2.45, 2.75) is 64.3 Å². The van der Waals surface area contributed by atoms with E-state index in [2.05, 4.69) is 47.0 Å². The summed E-state index contributed by atoms with van der Waals surface area (Å²) in [5.41, 5.74) is 4.30. The number of fused-ring (bicyclic) bond motifs is 1. The Bertz CT molecular complexity index is 1800. The van der Waals surface area contributed by atoms with Crippen LogP contribution in [0.1, 0.15) is 39.8 Å². The van der Waals surface area contributed by atoms with Gasteiger partial charge in [0.1, 0.15) is 48.5 Å². The number of hydrogen-bond acceptors (Lipinski definition) is 19.